The van der Waals surface area contributed by atoms with Gasteiger partial charge in [0, 0.05) is 41.3 Å². The summed E-state index contributed by atoms with van der Waals surface area (Å²) < 4.78 is 0. The molecule has 9 heteroatoms. The van der Waals surface area contributed by atoms with E-state index < -0.39 is 0 Å². The summed E-state index contributed by atoms with van der Waals surface area (Å²) >= 11 is 0. The Balaban J connectivity index is 1.49. The highest BCUT2D eigenvalue weighted by atomic mass is 16.3. The van der Waals surface area contributed by atoms with Crippen molar-refractivity contribution in [2.24, 2.45) is 4.99 Å². The number of aromatic hydroxyl groups is 1. The number of nitrogen functional groups attached to an aromatic ring is 1. The summed E-state index contributed by atoms with van der Waals surface area (Å²) in [5.41, 5.74) is 9.61. The van der Waals surface area contributed by atoms with Gasteiger partial charge in [-0.25, -0.2) is 0 Å². The number of para-hydroxylation sites is 2. The Bertz CT molecular complexity index is 1420. The molecule has 0 fully saturated rings. The number of aromatic amines is 1. The third-order valence-electron chi connectivity index (χ3n) is 5.61. The zero-order valence-electron chi connectivity index (χ0n) is 20.1. The number of hydrogen-bond acceptors (Lipinski definition) is 6. The minimum absolute atomic E-state index is 0.0460. The molecule has 0 aliphatic carbocycles. The lowest BCUT2D eigenvalue weighted by Crippen LogP contribution is -2.31. The van der Waals surface area contributed by atoms with Gasteiger partial charge < -0.3 is 31.4 Å². The molecule has 0 radical (unpaired) electrons. The van der Waals surface area contributed by atoms with Crippen molar-refractivity contribution >= 4 is 46.0 Å². The number of fused-ring (bicyclic) bond motifs is 1. The first-order valence-corrected chi connectivity index (χ1v) is 11.4. The first-order valence-electron chi connectivity index (χ1n) is 11.4. The minimum Gasteiger partial charge on any atom is -0.494 e. The minimum atomic E-state index is -0.283. The van der Waals surface area contributed by atoms with Crippen molar-refractivity contribution < 1.29 is 14.7 Å². The Labute approximate surface area is 208 Å². The van der Waals surface area contributed by atoms with E-state index in [4.69, 9.17) is 5.73 Å². The van der Waals surface area contributed by atoms with Gasteiger partial charge in [0.05, 0.1) is 22.6 Å². The topological polar surface area (TPSA) is 136 Å². The standard InChI is InChI=1S/C27H28N6O3/c1-33(2)14-13-29-25(34)18-9-12-23-20(15-18)21(27(36)31-23)16-30-19-10-7-17(8-11-19)26(35)32-24-6-4-3-5-22(24)28/h3-12,15-16,31,36H,13-14,28H2,1-2H3,(H,29,34)(H,32,35). The number of nitrogens with one attached hydrogen (secondary N) is 3. The van der Waals surface area contributed by atoms with Crippen molar-refractivity contribution in [1.82, 2.24) is 15.2 Å². The number of amides is 2. The molecule has 36 heavy (non-hydrogen) atoms. The Hall–Kier alpha value is -4.63. The van der Waals surface area contributed by atoms with E-state index in [2.05, 4.69) is 20.6 Å². The maximum atomic E-state index is 12.5. The lowest BCUT2D eigenvalue weighted by Gasteiger charge is -2.10. The summed E-state index contributed by atoms with van der Waals surface area (Å²) in [5, 5.41) is 16.8. The second-order valence-electron chi connectivity index (χ2n) is 8.55. The predicted octanol–water partition coefficient (Wildman–Crippen LogP) is 3.75. The Morgan fingerprint density at radius 1 is 1.03 bits per heavy atom. The highest BCUT2D eigenvalue weighted by molar-refractivity contribution is 6.07. The zero-order chi connectivity index (χ0) is 25.7. The number of hydrogen-bond donors (Lipinski definition) is 5. The van der Waals surface area contributed by atoms with Crippen LogP contribution in [0.25, 0.3) is 10.9 Å². The Morgan fingerprint density at radius 2 is 1.75 bits per heavy atom. The third kappa shape index (κ3) is 5.70. The quantitative estimate of drug-likeness (QED) is 0.192. The molecule has 6 N–H and O–H groups in total. The molecule has 0 aliphatic rings. The molecule has 2 amide bonds. The summed E-state index contributed by atoms with van der Waals surface area (Å²) in [5.74, 6) is -0.516. The lowest BCUT2D eigenvalue weighted by atomic mass is 10.1. The Morgan fingerprint density at radius 3 is 2.47 bits per heavy atom. The largest absolute Gasteiger partial charge is 0.494 e. The number of aliphatic imine (C=N–C) groups is 1. The fourth-order valence-electron chi connectivity index (χ4n) is 3.61. The van der Waals surface area contributed by atoms with E-state index in [-0.39, 0.29) is 17.7 Å². The van der Waals surface area contributed by atoms with Gasteiger partial charge in [0.25, 0.3) is 11.8 Å². The van der Waals surface area contributed by atoms with Crippen LogP contribution in [0.15, 0.2) is 71.7 Å². The van der Waals surface area contributed by atoms with Gasteiger partial charge in [-0.15, -0.1) is 0 Å². The number of likely N-dealkylation sites (N-methyl/N-ethyl adjacent to an activating group) is 1. The first kappa shape index (κ1) is 24.5. The lowest BCUT2D eigenvalue weighted by molar-refractivity contribution is 0.0950. The van der Waals surface area contributed by atoms with Crippen molar-refractivity contribution in [1.29, 1.82) is 0 Å². The highest BCUT2D eigenvalue weighted by Crippen LogP contribution is 2.27. The van der Waals surface area contributed by atoms with E-state index in [1.54, 1.807) is 66.7 Å². The maximum Gasteiger partial charge on any atom is 0.255 e. The first-order chi connectivity index (χ1) is 17.3. The van der Waals surface area contributed by atoms with E-state index in [0.29, 0.717) is 51.2 Å². The van der Waals surface area contributed by atoms with Gasteiger partial charge in [0.15, 0.2) is 5.88 Å². The monoisotopic (exact) mass is 484 g/mol. The average Bonchev–Trinajstić information content (AvgIpc) is 3.18. The van der Waals surface area contributed by atoms with Crippen LogP contribution in [0.5, 0.6) is 5.88 Å². The second kappa shape index (κ2) is 10.7. The fraction of sp³-hybridized carbons (Fsp3) is 0.148. The summed E-state index contributed by atoms with van der Waals surface area (Å²) in [6.07, 6.45) is 1.53. The molecule has 0 aliphatic heterocycles. The van der Waals surface area contributed by atoms with E-state index in [1.807, 2.05) is 19.0 Å². The van der Waals surface area contributed by atoms with Gasteiger partial charge >= 0.3 is 0 Å². The molecule has 1 heterocycles. The number of nitrogens with two attached hydrogens (primary N) is 1. The van der Waals surface area contributed by atoms with Gasteiger partial charge in [-0.05, 0) is 68.7 Å². The summed E-state index contributed by atoms with van der Waals surface area (Å²) in [7, 11) is 3.88. The molecule has 0 atom stereocenters. The van der Waals surface area contributed by atoms with Gasteiger partial charge in [0.2, 0.25) is 0 Å². The van der Waals surface area contributed by atoms with Gasteiger partial charge in [-0.1, -0.05) is 12.1 Å². The summed E-state index contributed by atoms with van der Waals surface area (Å²) in [6.45, 7) is 1.26. The summed E-state index contributed by atoms with van der Waals surface area (Å²) in [6, 6.07) is 18.9. The highest BCUT2D eigenvalue weighted by Gasteiger charge is 2.13. The number of anilines is 2. The molecule has 0 unspecified atom stereocenters. The number of nitrogens with zero attached hydrogens (tertiary/aromatic N) is 2. The summed E-state index contributed by atoms with van der Waals surface area (Å²) in [4.78, 5) is 34.4. The molecule has 3 aromatic carbocycles. The number of rotatable bonds is 8. The average molecular weight is 485 g/mol. The van der Waals surface area contributed by atoms with Crippen LogP contribution in [0.1, 0.15) is 26.3 Å². The van der Waals surface area contributed by atoms with Crippen molar-refractivity contribution in [3.63, 3.8) is 0 Å². The maximum absolute atomic E-state index is 12.5. The van der Waals surface area contributed by atoms with Crippen LogP contribution in [-0.4, -0.2) is 60.2 Å². The molecular weight excluding hydrogens is 456 g/mol. The number of aromatic nitrogens is 1. The molecular formula is C27H28N6O3. The molecule has 0 bridgehead atoms. The Kier molecular flexibility index (Phi) is 7.31. The molecule has 0 saturated carbocycles. The van der Waals surface area contributed by atoms with Crippen LogP contribution in [-0.2, 0) is 0 Å². The molecule has 0 saturated heterocycles. The van der Waals surface area contributed by atoms with Crippen LogP contribution < -0.4 is 16.4 Å². The van der Waals surface area contributed by atoms with Crippen LogP contribution in [0.2, 0.25) is 0 Å². The van der Waals surface area contributed by atoms with Crippen molar-refractivity contribution in [2.75, 3.05) is 38.2 Å². The number of carbonyl (C=O) groups excluding carboxylic acids is 2. The van der Waals surface area contributed by atoms with E-state index in [0.717, 1.165) is 6.54 Å². The molecule has 184 valence electrons. The van der Waals surface area contributed by atoms with Gasteiger partial charge in [-0.3, -0.25) is 14.6 Å². The van der Waals surface area contributed by atoms with E-state index >= 15 is 0 Å². The second-order valence-corrected chi connectivity index (χ2v) is 8.55. The van der Waals surface area contributed by atoms with E-state index in [9.17, 15) is 14.7 Å². The van der Waals surface area contributed by atoms with Crippen molar-refractivity contribution in [2.45, 2.75) is 0 Å². The normalized spacial score (nSPS) is 11.3. The van der Waals surface area contributed by atoms with Gasteiger partial charge in [0.1, 0.15) is 0 Å². The third-order valence-corrected chi connectivity index (χ3v) is 5.61. The number of benzene rings is 3. The SMILES string of the molecule is CN(C)CCNC(=O)c1ccc2[nH]c(O)c(C=Nc3ccc(C(=O)Nc4ccccc4N)cc3)c2c1. The van der Waals surface area contributed by atoms with Crippen molar-refractivity contribution in [3.05, 3.63) is 83.4 Å². The molecule has 4 rings (SSSR count). The fourth-order valence-corrected chi connectivity index (χ4v) is 3.61. The number of H-pyrrole nitrogens is 1. The molecule has 9 nitrogen and oxygen atoms in total. The van der Waals surface area contributed by atoms with Crippen LogP contribution >= 0.6 is 0 Å². The molecule has 0 spiro atoms. The predicted molar refractivity (Wildman–Crippen MR) is 143 cm³/mol. The number of carbonyl (C=O) groups is 2. The van der Waals surface area contributed by atoms with Crippen LogP contribution in [0.4, 0.5) is 17.1 Å². The van der Waals surface area contributed by atoms with Crippen molar-refractivity contribution in [3.8, 4) is 5.88 Å². The zero-order valence-corrected chi connectivity index (χ0v) is 20.1. The smallest absolute Gasteiger partial charge is 0.255 e. The van der Waals surface area contributed by atoms with Crippen LogP contribution in [0, 0.1) is 0 Å². The van der Waals surface area contributed by atoms with E-state index in [1.165, 1.54) is 6.21 Å². The molecule has 4 aromatic rings. The van der Waals surface area contributed by atoms with Crippen LogP contribution in [0.3, 0.4) is 0 Å². The van der Waals surface area contributed by atoms with Gasteiger partial charge in [-0.2, -0.15) is 0 Å². The molecule has 1 aromatic heterocycles.